The maximum atomic E-state index is 6.34. The summed E-state index contributed by atoms with van der Waals surface area (Å²) >= 11 is 0. The Bertz CT molecular complexity index is 259. The lowest BCUT2D eigenvalue weighted by Crippen LogP contribution is -2.60. The van der Waals surface area contributed by atoms with Crippen LogP contribution in [0.1, 0.15) is 59.3 Å². The van der Waals surface area contributed by atoms with Crippen molar-refractivity contribution >= 4 is 0 Å². The lowest BCUT2D eigenvalue weighted by atomic mass is 9.82. The van der Waals surface area contributed by atoms with Crippen molar-refractivity contribution < 1.29 is 9.47 Å². The first-order valence-electron chi connectivity index (χ1n) is 8.28. The van der Waals surface area contributed by atoms with Crippen LogP contribution in [0.25, 0.3) is 0 Å². The molecule has 0 aromatic rings. The van der Waals surface area contributed by atoms with Gasteiger partial charge in [-0.2, -0.15) is 0 Å². The molecule has 0 aliphatic heterocycles. The highest BCUT2D eigenvalue weighted by Crippen LogP contribution is 2.34. The first kappa shape index (κ1) is 15.3. The van der Waals surface area contributed by atoms with E-state index in [1.54, 1.807) is 0 Å². The zero-order valence-corrected chi connectivity index (χ0v) is 12.9. The molecule has 3 heteroatoms. The molecule has 19 heavy (non-hydrogen) atoms. The van der Waals surface area contributed by atoms with Gasteiger partial charge in [0.15, 0.2) is 0 Å². The van der Waals surface area contributed by atoms with Gasteiger partial charge in [-0.05, 0) is 38.6 Å². The summed E-state index contributed by atoms with van der Waals surface area (Å²) in [4.78, 5) is 0. The van der Waals surface area contributed by atoms with Gasteiger partial charge >= 0.3 is 0 Å². The van der Waals surface area contributed by atoms with Crippen molar-refractivity contribution in [2.24, 2.45) is 5.92 Å². The summed E-state index contributed by atoms with van der Waals surface area (Å²) in [5.41, 5.74) is 0. The third kappa shape index (κ3) is 3.93. The molecule has 112 valence electrons. The number of hydrogen-bond donors (Lipinski definition) is 1. The molecule has 0 radical (unpaired) electrons. The molecule has 0 aromatic heterocycles. The Labute approximate surface area is 118 Å². The summed E-state index contributed by atoms with van der Waals surface area (Å²) in [5.74, 6) is 0.883. The molecule has 1 N–H and O–H groups in total. The molecule has 2 aliphatic carbocycles. The van der Waals surface area contributed by atoms with Gasteiger partial charge in [-0.1, -0.05) is 33.1 Å². The van der Waals surface area contributed by atoms with Crippen molar-refractivity contribution in [1.29, 1.82) is 0 Å². The molecule has 0 bridgehead atoms. The minimum atomic E-state index is 0.270. The molecule has 5 atom stereocenters. The molecule has 0 amide bonds. The van der Waals surface area contributed by atoms with Crippen LogP contribution < -0.4 is 5.32 Å². The van der Waals surface area contributed by atoms with E-state index in [9.17, 15) is 0 Å². The van der Waals surface area contributed by atoms with Gasteiger partial charge in [-0.25, -0.2) is 0 Å². The van der Waals surface area contributed by atoms with Crippen molar-refractivity contribution in [3.05, 3.63) is 0 Å². The molecule has 2 fully saturated rings. The van der Waals surface area contributed by atoms with Crippen LogP contribution in [0.5, 0.6) is 0 Å². The van der Waals surface area contributed by atoms with E-state index in [4.69, 9.17) is 9.47 Å². The average Bonchev–Trinajstić information content (AvgIpc) is 2.44. The van der Waals surface area contributed by atoms with Crippen molar-refractivity contribution in [1.82, 2.24) is 5.32 Å². The molecule has 2 aliphatic rings. The number of hydrogen-bond acceptors (Lipinski definition) is 3. The SMILES string of the molecule is CCNC1CC(OC2CCCC(CC)C2)C1OCC. The highest BCUT2D eigenvalue weighted by atomic mass is 16.6. The Kier molecular flexibility index (Phi) is 6.11. The summed E-state index contributed by atoms with van der Waals surface area (Å²) in [5, 5.41) is 3.50. The maximum absolute atomic E-state index is 6.34. The van der Waals surface area contributed by atoms with E-state index in [0.29, 0.717) is 18.2 Å². The van der Waals surface area contributed by atoms with Gasteiger partial charge in [0.25, 0.3) is 0 Å². The van der Waals surface area contributed by atoms with Crippen molar-refractivity contribution in [2.75, 3.05) is 13.2 Å². The zero-order valence-electron chi connectivity index (χ0n) is 12.9. The van der Waals surface area contributed by atoms with E-state index in [1.807, 2.05) is 0 Å². The molecule has 0 heterocycles. The van der Waals surface area contributed by atoms with Crippen LogP contribution in [-0.4, -0.2) is 37.5 Å². The number of likely N-dealkylation sites (N-methyl/N-ethyl adjacent to an activating group) is 1. The number of nitrogens with one attached hydrogen (secondary N) is 1. The molecule has 0 aromatic carbocycles. The fourth-order valence-corrected chi connectivity index (χ4v) is 3.58. The van der Waals surface area contributed by atoms with Crippen molar-refractivity contribution in [3.8, 4) is 0 Å². The molecule has 3 nitrogen and oxygen atoms in total. The third-order valence-electron chi connectivity index (χ3n) is 4.75. The summed E-state index contributed by atoms with van der Waals surface area (Å²) < 4.78 is 12.2. The molecule has 2 rings (SSSR count). The van der Waals surface area contributed by atoms with E-state index in [-0.39, 0.29) is 6.10 Å². The van der Waals surface area contributed by atoms with E-state index in [1.165, 1.54) is 32.1 Å². The highest BCUT2D eigenvalue weighted by Gasteiger charge is 2.43. The van der Waals surface area contributed by atoms with E-state index >= 15 is 0 Å². The van der Waals surface area contributed by atoms with Crippen LogP contribution in [0, 0.1) is 5.92 Å². The van der Waals surface area contributed by atoms with Gasteiger partial charge < -0.3 is 14.8 Å². The Balaban J connectivity index is 1.78. The molecule has 0 saturated heterocycles. The van der Waals surface area contributed by atoms with Gasteiger partial charge in [0.2, 0.25) is 0 Å². The standard InChI is InChI=1S/C16H31NO2/c1-4-12-8-7-9-13(10-12)19-15-11-14(17-5-2)16(15)18-6-3/h12-17H,4-11H2,1-3H3. The molecular weight excluding hydrogens is 238 g/mol. The van der Waals surface area contributed by atoms with Crippen molar-refractivity contribution in [3.63, 3.8) is 0 Å². The van der Waals surface area contributed by atoms with E-state index in [0.717, 1.165) is 25.5 Å². The second-order valence-electron chi connectivity index (χ2n) is 6.06. The quantitative estimate of drug-likeness (QED) is 0.770. The van der Waals surface area contributed by atoms with Gasteiger partial charge in [-0.15, -0.1) is 0 Å². The van der Waals surface area contributed by atoms with E-state index in [2.05, 4.69) is 26.1 Å². The Morgan fingerprint density at radius 2 is 1.95 bits per heavy atom. The Morgan fingerprint density at radius 1 is 1.11 bits per heavy atom. The topological polar surface area (TPSA) is 30.5 Å². The lowest BCUT2D eigenvalue weighted by Gasteiger charge is -2.46. The van der Waals surface area contributed by atoms with Gasteiger partial charge in [0.05, 0.1) is 18.3 Å². The van der Waals surface area contributed by atoms with Gasteiger partial charge in [0.1, 0.15) is 0 Å². The fraction of sp³-hybridized carbons (Fsp3) is 1.00. The van der Waals surface area contributed by atoms with Crippen LogP contribution in [0.3, 0.4) is 0 Å². The third-order valence-corrected chi connectivity index (χ3v) is 4.75. The first-order valence-corrected chi connectivity index (χ1v) is 8.28. The number of ether oxygens (including phenoxy) is 2. The second-order valence-corrected chi connectivity index (χ2v) is 6.06. The van der Waals surface area contributed by atoms with Crippen molar-refractivity contribution in [2.45, 2.75) is 83.6 Å². The minimum absolute atomic E-state index is 0.270. The largest absolute Gasteiger partial charge is 0.374 e. The number of rotatable bonds is 7. The molecule has 0 spiro atoms. The highest BCUT2D eigenvalue weighted by molar-refractivity contribution is 4.97. The predicted octanol–water partition coefficient (Wildman–Crippen LogP) is 3.13. The summed E-state index contributed by atoms with van der Waals surface area (Å²) in [6.45, 7) is 8.34. The van der Waals surface area contributed by atoms with Gasteiger partial charge in [0, 0.05) is 12.6 Å². The van der Waals surface area contributed by atoms with Crippen LogP contribution >= 0.6 is 0 Å². The molecule has 5 unspecified atom stereocenters. The smallest absolute Gasteiger partial charge is 0.0990 e. The van der Waals surface area contributed by atoms with Gasteiger partial charge in [-0.3, -0.25) is 0 Å². The fourth-order valence-electron chi connectivity index (χ4n) is 3.58. The summed E-state index contributed by atoms with van der Waals surface area (Å²) in [6, 6.07) is 0.500. The normalized spacial score (nSPS) is 39.0. The maximum Gasteiger partial charge on any atom is 0.0990 e. The van der Waals surface area contributed by atoms with Crippen LogP contribution in [-0.2, 0) is 9.47 Å². The Hall–Kier alpha value is -0.120. The molecule has 2 saturated carbocycles. The van der Waals surface area contributed by atoms with Crippen LogP contribution in [0.15, 0.2) is 0 Å². The van der Waals surface area contributed by atoms with Crippen LogP contribution in [0.2, 0.25) is 0 Å². The average molecular weight is 269 g/mol. The zero-order chi connectivity index (χ0) is 13.7. The monoisotopic (exact) mass is 269 g/mol. The molecular formula is C16H31NO2. The second kappa shape index (κ2) is 7.61. The van der Waals surface area contributed by atoms with E-state index < -0.39 is 0 Å². The summed E-state index contributed by atoms with van der Waals surface area (Å²) in [6.07, 6.45) is 8.74. The lowest BCUT2D eigenvalue weighted by molar-refractivity contribution is -0.173. The predicted molar refractivity (Wildman–Crippen MR) is 78.4 cm³/mol. The summed E-state index contributed by atoms with van der Waals surface area (Å²) in [7, 11) is 0. The Morgan fingerprint density at radius 3 is 2.63 bits per heavy atom. The minimum Gasteiger partial charge on any atom is -0.374 e. The first-order chi connectivity index (χ1) is 9.28. The van der Waals surface area contributed by atoms with Crippen LogP contribution in [0.4, 0.5) is 0 Å².